The lowest BCUT2D eigenvalue weighted by molar-refractivity contribution is -0.149. The predicted molar refractivity (Wildman–Crippen MR) is 141 cm³/mol. The normalized spacial score (nSPS) is 25.0. The molecule has 1 saturated heterocycles. The third-order valence-electron chi connectivity index (χ3n) is 5.77. The summed E-state index contributed by atoms with van der Waals surface area (Å²) in [5.74, 6) is -0.659. The smallest absolute Gasteiger partial charge is 0.459 e. The summed E-state index contributed by atoms with van der Waals surface area (Å²) in [4.78, 5) is 42.2. The lowest BCUT2D eigenvalue weighted by Gasteiger charge is -2.25. The number of carbonyl (C=O) groups is 1. The van der Waals surface area contributed by atoms with Crippen LogP contribution in [0.4, 0.5) is 4.39 Å². The molecule has 0 aliphatic carbocycles. The van der Waals surface area contributed by atoms with Crippen molar-refractivity contribution in [2.75, 3.05) is 6.61 Å². The molecule has 0 saturated carbocycles. The van der Waals surface area contributed by atoms with Gasteiger partial charge in [0.25, 0.3) is 10.7 Å². The number of halogens is 2. The number of alkyl halides is 2. The van der Waals surface area contributed by atoms with Crippen molar-refractivity contribution >= 4 is 36.2 Å². The third kappa shape index (κ3) is 6.43. The van der Waals surface area contributed by atoms with E-state index in [4.69, 9.17) is 30.1 Å². The van der Waals surface area contributed by atoms with E-state index < -0.39 is 67.3 Å². The molecule has 1 fully saturated rings. The van der Waals surface area contributed by atoms with Crippen molar-refractivity contribution in [3.63, 3.8) is 0 Å². The van der Waals surface area contributed by atoms with Crippen LogP contribution in [0.1, 0.15) is 27.0 Å². The molecule has 3 N–H and O–H groups in total. The highest BCUT2D eigenvalue weighted by molar-refractivity contribution is 7.52. The number of fused-ring (bicyclic) bond motifs is 1. The van der Waals surface area contributed by atoms with Gasteiger partial charge in [-0.2, -0.15) is 5.09 Å². The summed E-state index contributed by atoms with van der Waals surface area (Å²) >= 11 is 5.91. The molecular formula is C24H27ClFN4O9P. The molecule has 3 aromatic rings. The minimum absolute atomic E-state index is 0.0913. The minimum Gasteiger partial charge on any atom is -0.462 e. The molecule has 2 aromatic heterocycles. The van der Waals surface area contributed by atoms with Gasteiger partial charge in [-0.1, -0.05) is 17.7 Å². The quantitative estimate of drug-likeness (QED) is 0.177. The Kier molecular flexibility index (Phi) is 8.78. The maximum absolute atomic E-state index is 15.4. The highest BCUT2D eigenvalue weighted by Gasteiger charge is 2.58. The first-order chi connectivity index (χ1) is 18.8. The summed E-state index contributed by atoms with van der Waals surface area (Å²) in [5, 5.41) is 10.5. The van der Waals surface area contributed by atoms with Gasteiger partial charge in [0.15, 0.2) is 6.23 Å². The van der Waals surface area contributed by atoms with Gasteiger partial charge < -0.3 is 19.1 Å². The lowest BCUT2D eigenvalue weighted by Crippen LogP contribution is -2.42. The van der Waals surface area contributed by atoms with Gasteiger partial charge in [0.1, 0.15) is 24.0 Å². The number of nitrogens with one attached hydrogen (secondary N) is 2. The fraction of sp³-hybridized carbons (Fsp3) is 0.417. The number of nitrogens with zero attached hydrogens (tertiary/aromatic N) is 2. The van der Waals surface area contributed by atoms with E-state index in [0.29, 0.717) is 15.5 Å². The third-order valence-corrected chi connectivity index (χ3v) is 7.81. The van der Waals surface area contributed by atoms with Crippen LogP contribution in [0, 0.1) is 0 Å². The van der Waals surface area contributed by atoms with Gasteiger partial charge in [0.2, 0.25) is 0 Å². The van der Waals surface area contributed by atoms with Crippen LogP contribution in [0.2, 0.25) is 0 Å². The number of pyridine rings is 1. The molecule has 0 bridgehead atoms. The van der Waals surface area contributed by atoms with Crippen LogP contribution < -0.4 is 20.9 Å². The first-order valence-electron chi connectivity index (χ1n) is 12.1. The largest absolute Gasteiger partial charge is 0.462 e. The van der Waals surface area contributed by atoms with Crippen LogP contribution in [0.5, 0.6) is 5.75 Å². The molecular weight excluding hydrogens is 574 g/mol. The maximum Gasteiger partial charge on any atom is 0.459 e. The van der Waals surface area contributed by atoms with E-state index >= 15 is 4.39 Å². The Morgan fingerprint density at radius 3 is 2.75 bits per heavy atom. The van der Waals surface area contributed by atoms with Gasteiger partial charge in [0.05, 0.1) is 18.2 Å². The SMILES string of the molecule is CC(C)OC(=O)[C@H](C)NP(=O)(OC[C@H]1O[C@@H](n2ccc(=O)[nH]c2=O)[C@@](F)(Cl)[C@@H]1O)Oc1cccc2ncccc12. The van der Waals surface area contributed by atoms with Crippen molar-refractivity contribution in [2.45, 2.75) is 56.5 Å². The summed E-state index contributed by atoms with van der Waals surface area (Å²) in [6.07, 6.45) is -3.46. The molecule has 216 valence electrons. The Hall–Kier alpha value is -3.13. The van der Waals surface area contributed by atoms with Crippen LogP contribution in [0.15, 0.2) is 58.4 Å². The summed E-state index contributed by atoms with van der Waals surface area (Å²) in [7, 11) is -4.48. The van der Waals surface area contributed by atoms with E-state index in [2.05, 4.69) is 10.1 Å². The zero-order chi connectivity index (χ0) is 29.2. The topological polar surface area (TPSA) is 171 Å². The Morgan fingerprint density at radius 1 is 1.30 bits per heavy atom. The molecule has 1 unspecified atom stereocenters. The predicted octanol–water partition coefficient (Wildman–Crippen LogP) is 2.38. The molecule has 16 heteroatoms. The van der Waals surface area contributed by atoms with Crippen molar-refractivity contribution in [1.29, 1.82) is 0 Å². The first kappa shape index (κ1) is 29.8. The molecule has 0 radical (unpaired) electrons. The van der Waals surface area contributed by atoms with Crippen molar-refractivity contribution in [3.8, 4) is 5.75 Å². The number of aliphatic hydroxyl groups is 1. The fourth-order valence-corrected chi connectivity index (χ4v) is 5.71. The molecule has 3 heterocycles. The molecule has 0 amide bonds. The van der Waals surface area contributed by atoms with Crippen LogP contribution in [0.3, 0.4) is 0 Å². The van der Waals surface area contributed by atoms with Gasteiger partial charge in [-0.25, -0.2) is 13.8 Å². The van der Waals surface area contributed by atoms with Gasteiger partial charge in [0, 0.05) is 23.8 Å². The average Bonchev–Trinajstić information content (AvgIpc) is 3.11. The molecule has 1 aliphatic rings. The van der Waals surface area contributed by atoms with E-state index in [-0.39, 0.29) is 5.75 Å². The van der Waals surface area contributed by atoms with E-state index in [1.807, 2.05) is 4.98 Å². The highest BCUT2D eigenvalue weighted by atomic mass is 35.5. The number of esters is 1. The first-order valence-corrected chi connectivity index (χ1v) is 14.0. The molecule has 4 rings (SSSR count). The van der Waals surface area contributed by atoms with Crippen LogP contribution in [0.25, 0.3) is 10.9 Å². The van der Waals surface area contributed by atoms with Crippen molar-refractivity contribution in [1.82, 2.24) is 19.6 Å². The van der Waals surface area contributed by atoms with Crippen LogP contribution in [-0.4, -0.2) is 61.7 Å². The zero-order valence-corrected chi connectivity index (χ0v) is 23.2. The zero-order valence-electron chi connectivity index (χ0n) is 21.5. The second-order valence-electron chi connectivity index (χ2n) is 9.21. The average molecular weight is 601 g/mol. The maximum atomic E-state index is 15.4. The molecule has 1 aliphatic heterocycles. The Balaban J connectivity index is 1.60. The minimum atomic E-state index is -4.48. The molecule has 0 spiro atoms. The molecule has 40 heavy (non-hydrogen) atoms. The second kappa shape index (κ2) is 11.8. The number of aliphatic hydroxyl groups excluding tert-OH is 1. The summed E-state index contributed by atoms with van der Waals surface area (Å²) in [6, 6.07) is 7.87. The number of benzene rings is 1. The van der Waals surface area contributed by atoms with Gasteiger partial charge in [-0.15, -0.1) is 0 Å². The van der Waals surface area contributed by atoms with E-state index in [1.54, 1.807) is 44.3 Å². The number of rotatable bonds is 10. The number of H-pyrrole nitrogens is 1. The van der Waals surface area contributed by atoms with E-state index in [1.165, 1.54) is 13.0 Å². The van der Waals surface area contributed by atoms with Crippen LogP contribution >= 0.6 is 19.3 Å². The fourth-order valence-electron chi connectivity index (χ4n) is 3.89. The number of ether oxygens (including phenoxy) is 2. The van der Waals surface area contributed by atoms with Crippen molar-refractivity contribution in [3.05, 3.63) is 69.6 Å². The number of hydrogen-bond donors (Lipinski definition) is 3. The number of hydrogen-bond acceptors (Lipinski definition) is 10. The van der Waals surface area contributed by atoms with E-state index in [0.717, 1.165) is 12.3 Å². The van der Waals surface area contributed by atoms with Gasteiger partial charge in [-0.05, 0) is 45.0 Å². The second-order valence-corrected chi connectivity index (χ2v) is 11.5. The number of carbonyl (C=O) groups excluding carboxylic acids is 1. The van der Waals surface area contributed by atoms with Gasteiger partial charge >= 0.3 is 19.4 Å². The molecule has 6 atom stereocenters. The lowest BCUT2D eigenvalue weighted by atomic mass is 10.1. The summed E-state index contributed by atoms with van der Waals surface area (Å²) in [6.45, 7) is 3.89. The number of aromatic nitrogens is 3. The van der Waals surface area contributed by atoms with Crippen molar-refractivity contribution < 1.29 is 37.4 Å². The Bertz CT molecular complexity index is 1540. The van der Waals surface area contributed by atoms with Crippen molar-refractivity contribution in [2.24, 2.45) is 0 Å². The Labute approximate surface area is 231 Å². The van der Waals surface area contributed by atoms with E-state index in [9.17, 15) is 24.1 Å². The number of aromatic amines is 1. The Morgan fingerprint density at radius 2 is 2.05 bits per heavy atom. The summed E-state index contributed by atoms with van der Waals surface area (Å²) < 4.78 is 51.9. The standard InChI is InChI=1S/C24H27ClFN4O9P/c1-13(2)37-21(33)14(3)29-40(35,39-17-8-4-7-16-15(17)6-5-10-27-16)36-12-18-20(32)24(25,26)22(38-18)30-11-9-19(31)28-23(30)34/h4-11,13-14,18,20,22,32H,12H2,1-3H3,(H,29,35)(H,28,31,34)/t14-,18+,20+,22+,24+,40?/m0/s1. The monoisotopic (exact) mass is 600 g/mol. The van der Waals surface area contributed by atoms with Gasteiger partial charge in [-0.3, -0.25) is 28.6 Å². The van der Waals surface area contributed by atoms with Crippen LogP contribution in [-0.2, 0) is 23.4 Å². The summed E-state index contributed by atoms with van der Waals surface area (Å²) in [5.41, 5.74) is -1.25. The highest BCUT2D eigenvalue weighted by Crippen LogP contribution is 2.49. The molecule has 1 aromatic carbocycles. The molecule has 13 nitrogen and oxygen atoms in total.